The van der Waals surface area contributed by atoms with Crippen molar-refractivity contribution in [3.8, 4) is 0 Å². The van der Waals surface area contributed by atoms with Gasteiger partial charge in [0.1, 0.15) is 0 Å². The maximum absolute atomic E-state index is 10.7. The number of hydrogen-bond donors (Lipinski definition) is 1. The predicted octanol–water partition coefficient (Wildman–Crippen LogP) is 0.847. The summed E-state index contributed by atoms with van der Waals surface area (Å²) >= 11 is 4.94. The van der Waals surface area contributed by atoms with E-state index in [1.165, 1.54) is 13.2 Å². The lowest BCUT2D eigenvalue weighted by Gasteiger charge is -2.09. The molecule has 0 spiro atoms. The first-order valence-electron chi connectivity index (χ1n) is 3.78. The molecule has 0 radical (unpaired) electrons. The molecule has 1 heterocycles. The fraction of sp³-hybridized carbons (Fsp3) is 0.375. The van der Waals surface area contributed by atoms with Crippen LogP contribution in [-0.2, 0) is 4.74 Å². The lowest BCUT2D eigenvalue weighted by atomic mass is 10.1. The molecule has 1 aromatic rings. The second-order valence-electron chi connectivity index (χ2n) is 2.59. The van der Waals surface area contributed by atoms with Gasteiger partial charge in [0.15, 0.2) is 5.05 Å². The van der Waals surface area contributed by atoms with E-state index >= 15 is 0 Å². The van der Waals surface area contributed by atoms with Crippen LogP contribution in [0.3, 0.4) is 0 Å². The summed E-state index contributed by atoms with van der Waals surface area (Å²) in [6.45, 7) is 1.87. The van der Waals surface area contributed by atoms with E-state index in [1.54, 1.807) is 6.07 Å². The van der Waals surface area contributed by atoms with Crippen molar-refractivity contribution >= 4 is 17.3 Å². The van der Waals surface area contributed by atoms with Crippen LogP contribution in [-0.4, -0.2) is 22.4 Å². The van der Waals surface area contributed by atoms with Crippen LogP contribution >= 0.6 is 12.2 Å². The first-order chi connectivity index (χ1) is 6.15. The van der Waals surface area contributed by atoms with Crippen molar-refractivity contribution < 1.29 is 4.74 Å². The Balaban J connectivity index is 2.89. The number of aromatic nitrogens is 2. The Morgan fingerprint density at radius 3 is 2.85 bits per heavy atom. The Hall–Kier alpha value is -1.23. The van der Waals surface area contributed by atoms with Crippen molar-refractivity contribution in [2.45, 2.75) is 12.8 Å². The van der Waals surface area contributed by atoms with Gasteiger partial charge in [-0.3, -0.25) is 4.79 Å². The first-order valence-corrected chi connectivity index (χ1v) is 4.19. The zero-order chi connectivity index (χ0) is 9.84. The van der Waals surface area contributed by atoms with Crippen LogP contribution in [0.2, 0.25) is 0 Å². The first kappa shape index (κ1) is 9.85. The normalized spacial score (nSPS) is 12.2. The molecule has 5 heteroatoms. The lowest BCUT2D eigenvalue weighted by Crippen LogP contribution is -2.14. The third-order valence-corrected chi connectivity index (χ3v) is 2.22. The molecule has 70 valence electrons. The Bertz CT molecular complexity index is 341. The number of nitrogens with one attached hydrogen (secondary N) is 1. The van der Waals surface area contributed by atoms with Gasteiger partial charge < -0.3 is 4.74 Å². The number of thiocarbonyl (C=S) groups is 1. The minimum Gasteiger partial charge on any atom is -0.490 e. The second-order valence-corrected chi connectivity index (χ2v) is 2.99. The molecule has 1 N–H and O–H groups in total. The van der Waals surface area contributed by atoms with Crippen LogP contribution in [0.15, 0.2) is 16.9 Å². The molecule has 0 aromatic carbocycles. The number of hydrogen-bond acceptors (Lipinski definition) is 4. The molecule has 0 aliphatic heterocycles. The highest BCUT2D eigenvalue weighted by Gasteiger charge is 2.12. The van der Waals surface area contributed by atoms with E-state index in [0.717, 1.165) is 0 Å². The van der Waals surface area contributed by atoms with Gasteiger partial charge in [-0.25, -0.2) is 5.10 Å². The summed E-state index contributed by atoms with van der Waals surface area (Å²) in [7, 11) is 1.52. The second kappa shape index (κ2) is 4.13. The summed E-state index contributed by atoms with van der Waals surface area (Å²) in [4.78, 5) is 10.7. The van der Waals surface area contributed by atoms with Gasteiger partial charge in [0.05, 0.1) is 18.7 Å². The molecule has 0 aliphatic carbocycles. The summed E-state index contributed by atoms with van der Waals surface area (Å²) in [6.07, 6.45) is 0. The van der Waals surface area contributed by atoms with Crippen molar-refractivity contribution in [2.24, 2.45) is 0 Å². The van der Waals surface area contributed by atoms with E-state index < -0.39 is 0 Å². The molecule has 0 saturated heterocycles. The van der Waals surface area contributed by atoms with Crippen LogP contribution in [0.25, 0.3) is 0 Å². The average Bonchev–Trinajstić information content (AvgIpc) is 2.17. The van der Waals surface area contributed by atoms with Crippen LogP contribution in [0.1, 0.15) is 18.5 Å². The monoisotopic (exact) mass is 198 g/mol. The van der Waals surface area contributed by atoms with Crippen molar-refractivity contribution in [1.82, 2.24) is 10.2 Å². The highest BCUT2D eigenvalue weighted by atomic mass is 32.1. The molecule has 1 rings (SSSR count). The molecule has 1 aromatic heterocycles. The van der Waals surface area contributed by atoms with E-state index in [0.29, 0.717) is 10.7 Å². The number of nitrogens with zero attached hydrogens (tertiary/aromatic N) is 1. The molecule has 0 bridgehead atoms. The molecule has 0 aliphatic rings. The summed E-state index contributed by atoms with van der Waals surface area (Å²) in [5.41, 5.74) is 0.478. The maximum Gasteiger partial charge on any atom is 0.264 e. The number of aromatic amines is 1. The fourth-order valence-electron chi connectivity index (χ4n) is 0.894. The average molecular weight is 198 g/mol. The van der Waals surface area contributed by atoms with Crippen LogP contribution < -0.4 is 5.56 Å². The third-order valence-electron chi connectivity index (χ3n) is 1.70. The summed E-state index contributed by atoms with van der Waals surface area (Å²) in [5.74, 6) is -0.0863. The zero-order valence-electron chi connectivity index (χ0n) is 7.40. The smallest absolute Gasteiger partial charge is 0.264 e. The molecular formula is C8H10N2O2S. The van der Waals surface area contributed by atoms with Gasteiger partial charge in [-0.2, -0.15) is 5.10 Å². The van der Waals surface area contributed by atoms with Gasteiger partial charge in [-0.1, -0.05) is 0 Å². The summed E-state index contributed by atoms with van der Waals surface area (Å²) in [5, 5.41) is 6.64. The van der Waals surface area contributed by atoms with Gasteiger partial charge in [-0.15, -0.1) is 0 Å². The van der Waals surface area contributed by atoms with Gasteiger partial charge in [0.2, 0.25) is 0 Å². The molecule has 0 fully saturated rings. The van der Waals surface area contributed by atoms with Gasteiger partial charge in [-0.05, 0) is 25.2 Å². The van der Waals surface area contributed by atoms with E-state index in [9.17, 15) is 4.79 Å². The topological polar surface area (TPSA) is 55.0 Å². The highest BCUT2D eigenvalue weighted by Crippen LogP contribution is 2.12. The minimum atomic E-state index is -0.223. The number of ether oxygens (including phenoxy) is 1. The highest BCUT2D eigenvalue weighted by molar-refractivity contribution is 7.80. The Morgan fingerprint density at radius 2 is 2.38 bits per heavy atom. The number of rotatable bonds is 2. The van der Waals surface area contributed by atoms with Gasteiger partial charge in [0, 0.05) is 6.07 Å². The van der Waals surface area contributed by atoms with Crippen LogP contribution in [0.4, 0.5) is 0 Å². The maximum atomic E-state index is 10.7. The predicted molar refractivity (Wildman–Crippen MR) is 52.9 cm³/mol. The quantitative estimate of drug-likeness (QED) is 0.716. The van der Waals surface area contributed by atoms with Crippen molar-refractivity contribution in [3.63, 3.8) is 0 Å². The van der Waals surface area contributed by atoms with Gasteiger partial charge >= 0.3 is 0 Å². The fourth-order valence-corrected chi connectivity index (χ4v) is 1.01. The van der Waals surface area contributed by atoms with E-state index in [4.69, 9.17) is 17.0 Å². The third kappa shape index (κ3) is 2.35. The van der Waals surface area contributed by atoms with Gasteiger partial charge in [0.25, 0.3) is 5.56 Å². The zero-order valence-corrected chi connectivity index (χ0v) is 8.22. The molecular weight excluding hydrogens is 188 g/mol. The van der Waals surface area contributed by atoms with Crippen molar-refractivity contribution in [3.05, 3.63) is 28.2 Å². The summed E-state index contributed by atoms with van der Waals surface area (Å²) < 4.78 is 4.90. The molecule has 4 nitrogen and oxygen atoms in total. The largest absolute Gasteiger partial charge is 0.490 e. The Labute approximate surface area is 80.9 Å². The molecule has 1 atom stereocenters. The van der Waals surface area contributed by atoms with Crippen LogP contribution in [0.5, 0.6) is 0 Å². The molecule has 0 amide bonds. The molecule has 1 unspecified atom stereocenters. The Morgan fingerprint density at radius 1 is 1.69 bits per heavy atom. The Kier molecular flexibility index (Phi) is 3.13. The molecule has 13 heavy (non-hydrogen) atoms. The molecule has 0 saturated carbocycles. The standard InChI is InChI=1S/C8H10N2O2S/c1-5(8(13)12-2)6-3-4-7(11)10-9-6/h3-5H,1-2H3,(H,10,11). The van der Waals surface area contributed by atoms with Crippen molar-refractivity contribution in [2.75, 3.05) is 7.11 Å². The number of methoxy groups -OCH3 is 1. The van der Waals surface area contributed by atoms with Crippen molar-refractivity contribution in [1.29, 1.82) is 0 Å². The van der Waals surface area contributed by atoms with E-state index in [2.05, 4.69) is 10.2 Å². The SMILES string of the molecule is COC(=S)C(C)c1ccc(=O)[nH]n1. The van der Waals surface area contributed by atoms with Crippen LogP contribution in [0, 0.1) is 0 Å². The summed E-state index contributed by atoms with van der Waals surface area (Å²) in [6, 6.07) is 3.05. The van der Waals surface area contributed by atoms with E-state index in [-0.39, 0.29) is 11.5 Å². The number of H-pyrrole nitrogens is 1. The van der Waals surface area contributed by atoms with E-state index in [1.807, 2.05) is 6.92 Å². The minimum absolute atomic E-state index is 0.0863. The lowest BCUT2D eigenvalue weighted by molar-refractivity contribution is 0.396.